The van der Waals surface area contributed by atoms with Crippen molar-refractivity contribution in [3.05, 3.63) is 35.4 Å². The Morgan fingerprint density at radius 1 is 0.808 bits per heavy atom. The Kier molecular flexibility index (Phi) is 10.0. The summed E-state index contributed by atoms with van der Waals surface area (Å²) < 4.78 is 12.0. The fourth-order valence-corrected chi connectivity index (χ4v) is 3.43. The van der Waals surface area contributed by atoms with Crippen molar-refractivity contribution in [2.24, 2.45) is 0 Å². The molecular formula is C22H30Cl2O2. The summed E-state index contributed by atoms with van der Waals surface area (Å²) in [7, 11) is 0. The summed E-state index contributed by atoms with van der Waals surface area (Å²) in [5.41, 5.74) is 0. The highest BCUT2D eigenvalue weighted by molar-refractivity contribution is 6.33. The van der Waals surface area contributed by atoms with Crippen molar-refractivity contribution in [3.8, 4) is 11.5 Å². The zero-order chi connectivity index (χ0) is 18.6. The van der Waals surface area contributed by atoms with Crippen LogP contribution in [0.2, 0.25) is 5.02 Å². The first-order chi connectivity index (χ1) is 12.8. The Morgan fingerprint density at radius 3 is 2.19 bits per heavy atom. The van der Waals surface area contributed by atoms with Gasteiger partial charge in [0.2, 0.25) is 0 Å². The van der Waals surface area contributed by atoms with Crippen LogP contribution >= 0.6 is 23.2 Å². The van der Waals surface area contributed by atoms with E-state index in [-0.39, 0.29) is 0 Å². The van der Waals surface area contributed by atoms with Gasteiger partial charge in [-0.2, -0.15) is 0 Å². The third kappa shape index (κ3) is 6.55. The molecule has 0 amide bonds. The highest BCUT2D eigenvalue weighted by atomic mass is 35.5. The lowest BCUT2D eigenvalue weighted by Gasteiger charge is -2.15. The quantitative estimate of drug-likeness (QED) is 0.255. The van der Waals surface area contributed by atoms with Crippen LogP contribution in [0.15, 0.2) is 30.3 Å². The van der Waals surface area contributed by atoms with Crippen molar-refractivity contribution < 1.29 is 9.47 Å². The second kappa shape index (κ2) is 12.3. The predicted molar refractivity (Wildman–Crippen MR) is 113 cm³/mol. The minimum atomic E-state index is 0.619. The van der Waals surface area contributed by atoms with Gasteiger partial charge in [-0.25, -0.2) is 0 Å². The van der Waals surface area contributed by atoms with Crippen LogP contribution in [-0.2, 0) is 0 Å². The SMILES string of the molecule is CCCCCCCOc1c(Cl)cc(OCCCCCCl)c2ccccc12. The standard InChI is InChI=1S/C22H30Cl2O2/c1-2-3-4-5-10-16-26-22-19-13-8-7-12-18(19)21(17-20(22)24)25-15-11-6-9-14-23/h7-8,12-13,17H,2-6,9-11,14-16H2,1H3. The molecule has 0 heterocycles. The number of ether oxygens (including phenoxy) is 2. The maximum Gasteiger partial charge on any atom is 0.145 e. The van der Waals surface area contributed by atoms with Gasteiger partial charge in [0.25, 0.3) is 0 Å². The number of rotatable bonds is 13. The molecule has 0 saturated heterocycles. The molecule has 0 unspecified atom stereocenters. The molecule has 2 aromatic rings. The minimum absolute atomic E-state index is 0.619. The van der Waals surface area contributed by atoms with Gasteiger partial charge in [0.05, 0.1) is 18.2 Å². The molecule has 0 aliphatic carbocycles. The molecule has 0 aliphatic heterocycles. The normalized spacial score (nSPS) is 11.0. The van der Waals surface area contributed by atoms with Gasteiger partial charge in [0.15, 0.2) is 0 Å². The number of halogens is 2. The average Bonchev–Trinajstić information content (AvgIpc) is 2.66. The van der Waals surface area contributed by atoms with Crippen LogP contribution in [-0.4, -0.2) is 19.1 Å². The van der Waals surface area contributed by atoms with E-state index in [1.54, 1.807) is 0 Å². The highest BCUT2D eigenvalue weighted by Gasteiger charge is 2.13. The smallest absolute Gasteiger partial charge is 0.145 e. The van der Waals surface area contributed by atoms with Crippen LogP contribution < -0.4 is 9.47 Å². The summed E-state index contributed by atoms with van der Waals surface area (Å²) in [6, 6.07) is 10.0. The number of hydrogen-bond acceptors (Lipinski definition) is 2. The molecule has 0 saturated carbocycles. The van der Waals surface area contributed by atoms with Crippen molar-refractivity contribution in [1.29, 1.82) is 0 Å². The molecule has 26 heavy (non-hydrogen) atoms. The molecule has 0 radical (unpaired) electrons. The molecule has 2 nitrogen and oxygen atoms in total. The van der Waals surface area contributed by atoms with Crippen molar-refractivity contribution in [3.63, 3.8) is 0 Å². The maximum atomic E-state index is 6.51. The minimum Gasteiger partial charge on any atom is -0.493 e. The zero-order valence-electron chi connectivity index (χ0n) is 15.7. The van der Waals surface area contributed by atoms with E-state index in [2.05, 4.69) is 13.0 Å². The predicted octanol–water partition coefficient (Wildman–Crippen LogP) is 7.63. The summed E-state index contributed by atoms with van der Waals surface area (Å²) in [6.45, 7) is 3.60. The van der Waals surface area contributed by atoms with Crippen LogP contribution in [0.25, 0.3) is 10.8 Å². The molecule has 0 aliphatic rings. The summed E-state index contributed by atoms with van der Waals surface area (Å²) in [5, 5.41) is 2.69. The fourth-order valence-electron chi connectivity index (χ4n) is 2.98. The lowest BCUT2D eigenvalue weighted by atomic mass is 10.1. The van der Waals surface area contributed by atoms with E-state index in [1.807, 2.05) is 24.3 Å². The lowest BCUT2D eigenvalue weighted by Crippen LogP contribution is -2.01. The molecule has 2 aromatic carbocycles. The third-order valence-electron chi connectivity index (χ3n) is 4.44. The van der Waals surface area contributed by atoms with Gasteiger partial charge < -0.3 is 9.47 Å². The molecule has 0 atom stereocenters. The van der Waals surface area contributed by atoms with E-state index in [0.29, 0.717) is 24.1 Å². The molecule has 0 spiro atoms. The van der Waals surface area contributed by atoms with Crippen molar-refractivity contribution in [2.75, 3.05) is 19.1 Å². The largest absolute Gasteiger partial charge is 0.493 e. The van der Waals surface area contributed by atoms with E-state index in [0.717, 1.165) is 48.0 Å². The summed E-state index contributed by atoms with van der Waals surface area (Å²) in [5.74, 6) is 2.30. The molecule has 0 N–H and O–H groups in total. The Morgan fingerprint density at radius 2 is 1.46 bits per heavy atom. The first kappa shape index (κ1) is 21.2. The second-order valence-corrected chi connectivity index (χ2v) is 7.38. The summed E-state index contributed by atoms with van der Waals surface area (Å²) in [4.78, 5) is 0. The lowest BCUT2D eigenvalue weighted by molar-refractivity contribution is 0.302. The number of unbranched alkanes of at least 4 members (excludes halogenated alkanes) is 6. The van der Waals surface area contributed by atoms with Crippen molar-refractivity contribution in [1.82, 2.24) is 0 Å². The van der Waals surface area contributed by atoms with Gasteiger partial charge in [-0.05, 0) is 25.7 Å². The number of benzene rings is 2. The average molecular weight is 397 g/mol. The van der Waals surface area contributed by atoms with Crippen LogP contribution in [0.3, 0.4) is 0 Å². The topological polar surface area (TPSA) is 18.5 Å². The molecule has 0 fully saturated rings. The van der Waals surface area contributed by atoms with E-state index in [1.165, 1.54) is 25.7 Å². The first-order valence-electron chi connectivity index (χ1n) is 9.80. The number of fused-ring (bicyclic) bond motifs is 1. The Labute approximate surface area is 167 Å². The van der Waals surface area contributed by atoms with Crippen LogP contribution in [0.4, 0.5) is 0 Å². The number of hydrogen-bond donors (Lipinski definition) is 0. The third-order valence-corrected chi connectivity index (χ3v) is 4.99. The van der Waals surface area contributed by atoms with Crippen molar-refractivity contribution in [2.45, 2.75) is 58.3 Å². The van der Waals surface area contributed by atoms with Gasteiger partial charge >= 0.3 is 0 Å². The van der Waals surface area contributed by atoms with Gasteiger partial charge in [-0.1, -0.05) is 68.5 Å². The van der Waals surface area contributed by atoms with E-state index < -0.39 is 0 Å². The van der Waals surface area contributed by atoms with Gasteiger partial charge in [-0.3, -0.25) is 0 Å². The Hall–Kier alpha value is -1.12. The van der Waals surface area contributed by atoms with E-state index in [4.69, 9.17) is 32.7 Å². The van der Waals surface area contributed by atoms with E-state index in [9.17, 15) is 0 Å². The van der Waals surface area contributed by atoms with Crippen molar-refractivity contribution >= 4 is 34.0 Å². The molecule has 2 rings (SSSR count). The Balaban J connectivity index is 2.02. The van der Waals surface area contributed by atoms with Crippen LogP contribution in [0, 0.1) is 0 Å². The fraction of sp³-hybridized carbons (Fsp3) is 0.545. The van der Waals surface area contributed by atoms with Gasteiger partial charge in [0.1, 0.15) is 11.5 Å². The maximum absolute atomic E-state index is 6.51. The highest BCUT2D eigenvalue weighted by Crippen LogP contribution is 2.39. The first-order valence-corrected chi connectivity index (χ1v) is 10.7. The molecule has 0 aromatic heterocycles. The van der Waals surface area contributed by atoms with Gasteiger partial charge in [0, 0.05) is 22.7 Å². The Bertz CT molecular complexity index is 658. The monoisotopic (exact) mass is 396 g/mol. The zero-order valence-corrected chi connectivity index (χ0v) is 17.2. The van der Waals surface area contributed by atoms with Gasteiger partial charge in [-0.15, -0.1) is 11.6 Å². The second-order valence-electron chi connectivity index (χ2n) is 6.59. The molecular weight excluding hydrogens is 367 g/mol. The van der Waals surface area contributed by atoms with Crippen LogP contribution in [0.5, 0.6) is 11.5 Å². The van der Waals surface area contributed by atoms with E-state index >= 15 is 0 Å². The summed E-state index contributed by atoms with van der Waals surface area (Å²) in [6.07, 6.45) is 9.17. The molecule has 0 bridgehead atoms. The molecule has 4 heteroatoms. The number of alkyl halides is 1. The summed E-state index contributed by atoms with van der Waals surface area (Å²) >= 11 is 12.2. The molecule has 144 valence electrons. The van der Waals surface area contributed by atoms with Crippen LogP contribution in [0.1, 0.15) is 58.3 Å².